The zero-order chi connectivity index (χ0) is 25.6. The Bertz CT molecular complexity index is 630. The van der Waals surface area contributed by atoms with Crippen LogP contribution in [-0.4, -0.2) is 64.2 Å². The van der Waals surface area contributed by atoms with E-state index in [0.29, 0.717) is 18.6 Å². The second kappa shape index (κ2) is 11.6. The standard InChI is InChI=1S/C18H37F3O7Si4/c1-11-17(24-15(22)12-13-16(23)25-18(20,21)14-19)32(26-29(2,3)4,27-30(5,6)7)28-31(8,9)10/h12-13,17H,11,14H2,1-10H3/b13-12+. The van der Waals surface area contributed by atoms with Gasteiger partial charge in [0.2, 0.25) is 0 Å². The van der Waals surface area contributed by atoms with Gasteiger partial charge >= 0.3 is 26.9 Å². The van der Waals surface area contributed by atoms with E-state index in [1.54, 1.807) is 6.92 Å². The van der Waals surface area contributed by atoms with E-state index in [-0.39, 0.29) is 0 Å². The topological polar surface area (TPSA) is 80.3 Å². The molecule has 0 heterocycles. The third-order valence-electron chi connectivity index (χ3n) is 3.13. The number of halogens is 3. The van der Waals surface area contributed by atoms with Crippen LogP contribution in [0, 0.1) is 0 Å². The summed E-state index contributed by atoms with van der Waals surface area (Å²) in [6, 6.07) is 0. The highest BCUT2D eigenvalue weighted by Crippen LogP contribution is 2.31. The molecule has 1 atom stereocenters. The first-order valence-electron chi connectivity index (χ1n) is 10.3. The van der Waals surface area contributed by atoms with E-state index in [9.17, 15) is 22.8 Å². The van der Waals surface area contributed by atoms with Crippen LogP contribution in [0.15, 0.2) is 12.2 Å². The molecule has 0 saturated carbocycles. The van der Waals surface area contributed by atoms with Crippen LogP contribution >= 0.6 is 0 Å². The van der Waals surface area contributed by atoms with Crippen molar-refractivity contribution in [2.75, 3.05) is 6.67 Å². The third kappa shape index (κ3) is 13.1. The first kappa shape index (κ1) is 31.2. The molecule has 0 fully saturated rings. The lowest BCUT2D eigenvalue weighted by molar-refractivity contribution is -0.234. The molecular weight excluding hydrogens is 498 g/mol. The molecule has 0 radical (unpaired) electrons. The molecule has 0 aliphatic rings. The average Bonchev–Trinajstić information content (AvgIpc) is 2.52. The Hall–Kier alpha value is -0.782. The van der Waals surface area contributed by atoms with Crippen LogP contribution in [0.1, 0.15) is 13.3 Å². The van der Waals surface area contributed by atoms with Crippen LogP contribution in [0.5, 0.6) is 0 Å². The highest BCUT2D eigenvalue weighted by molar-refractivity contribution is 6.90. The maximum Gasteiger partial charge on any atom is 0.512 e. The van der Waals surface area contributed by atoms with Gasteiger partial charge in [-0.05, 0) is 65.3 Å². The van der Waals surface area contributed by atoms with Crippen molar-refractivity contribution in [3.8, 4) is 0 Å². The minimum absolute atomic E-state index is 0.315. The summed E-state index contributed by atoms with van der Waals surface area (Å²) in [4.78, 5) is 23.8. The number of carbonyl (C=O) groups is 2. The van der Waals surface area contributed by atoms with Gasteiger partial charge in [0.05, 0.1) is 0 Å². The Morgan fingerprint density at radius 3 is 1.50 bits per heavy atom. The Kier molecular flexibility index (Phi) is 11.3. The number of alkyl halides is 3. The number of hydrogen-bond acceptors (Lipinski definition) is 7. The molecule has 0 rings (SSSR count). The molecule has 0 N–H and O–H groups in total. The normalized spacial score (nSPS) is 15.0. The predicted molar refractivity (Wildman–Crippen MR) is 125 cm³/mol. The van der Waals surface area contributed by atoms with Crippen molar-refractivity contribution >= 4 is 45.7 Å². The molecule has 0 aromatic heterocycles. The number of ether oxygens (including phenoxy) is 2. The van der Waals surface area contributed by atoms with Gasteiger partial charge in [-0.3, -0.25) is 0 Å². The molecule has 7 nitrogen and oxygen atoms in total. The first-order valence-corrected chi connectivity index (χ1v) is 22.3. The monoisotopic (exact) mass is 534 g/mol. The second-order valence-corrected chi connectivity index (χ2v) is 27.1. The highest BCUT2D eigenvalue weighted by atomic mass is 28.5. The number of carbonyl (C=O) groups excluding carboxylic acids is 2. The average molecular weight is 535 g/mol. The summed E-state index contributed by atoms with van der Waals surface area (Å²) in [5.41, 5.74) is -0.867. The molecule has 0 spiro atoms. The van der Waals surface area contributed by atoms with Gasteiger partial charge in [0, 0.05) is 12.2 Å². The van der Waals surface area contributed by atoms with E-state index >= 15 is 0 Å². The van der Waals surface area contributed by atoms with E-state index in [1.165, 1.54) is 0 Å². The second-order valence-electron chi connectivity index (χ2n) is 10.1. The zero-order valence-electron chi connectivity index (χ0n) is 20.6. The van der Waals surface area contributed by atoms with Crippen molar-refractivity contribution in [2.45, 2.75) is 84.1 Å². The van der Waals surface area contributed by atoms with Crippen molar-refractivity contribution in [2.24, 2.45) is 0 Å². The first-order chi connectivity index (χ1) is 14.1. The lowest BCUT2D eigenvalue weighted by atomic mass is 10.5. The maximum absolute atomic E-state index is 12.8. The highest BCUT2D eigenvalue weighted by Gasteiger charge is 2.57. The zero-order valence-corrected chi connectivity index (χ0v) is 24.6. The maximum atomic E-state index is 12.8. The Balaban J connectivity index is 5.94. The van der Waals surface area contributed by atoms with Gasteiger partial charge in [0.25, 0.3) is 0 Å². The Morgan fingerprint density at radius 1 is 0.812 bits per heavy atom. The van der Waals surface area contributed by atoms with E-state index in [2.05, 4.69) is 4.74 Å². The van der Waals surface area contributed by atoms with Gasteiger partial charge in [0.15, 0.2) is 37.4 Å². The quantitative estimate of drug-likeness (QED) is 0.187. The third-order valence-corrected chi connectivity index (χ3v) is 15.2. The smallest absolute Gasteiger partial charge is 0.455 e. The summed E-state index contributed by atoms with van der Waals surface area (Å²) in [5, 5.41) is 0. The molecule has 0 aromatic rings. The molecule has 32 heavy (non-hydrogen) atoms. The molecule has 0 aromatic carbocycles. The van der Waals surface area contributed by atoms with Crippen molar-refractivity contribution in [1.29, 1.82) is 0 Å². The summed E-state index contributed by atoms with van der Waals surface area (Å²) < 4.78 is 66.5. The van der Waals surface area contributed by atoms with Crippen molar-refractivity contribution in [3.05, 3.63) is 12.2 Å². The van der Waals surface area contributed by atoms with Crippen LogP contribution in [0.2, 0.25) is 58.9 Å². The van der Waals surface area contributed by atoms with Crippen LogP contribution in [-0.2, 0) is 31.4 Å². The minimum atomic E-state index is -4.26. The molecule has 0 bridgehead atoms. The summed E-state index contributed by atoms with van der Waals surface area (Å²) >= 11 is 0. The largest absolute Gasteiger partial charge is 0.512 e. The van der Waals surface area contributed by atoms with Gasteiger partial charge in [-0.15, -0.1) is 0 Å². The minimum Gasteiger partial charge on any atom is -0.455 e. The van der Waals surface area contributed by atoms with Gasteiger partial charge in [0.1, 0.15) is 0 Å². The molecular formula is C18H37F3O7Si4. The summed E-state index contributed by atoms with van der Waals surface area (Å²) in [5.74, 6) is -2.55. The summed E-state index contributed by atoms with van der Waals surface area (Å²) in [6.45, 7) is 17.4. The SMILES string of the molecule is CCC(OC(=O)/C=C/C(=O)OC(F)(F)CF)[Si](O[Si](C)(C)C)(O[Si](C)(C)C)O[Si](C)(C)C. The fourth-order valence-electron chi connectivity index (χ4n) is 2.47. The van der Waals surface area contributed by atoms with Crippen molar-refractivity contribution < 1.29 is 44.6 Å². The van der Waals surface area contributed by atoms with Crippen molar-refractivity contribution in [1.82, 2.24) is 0 Å². The molecule has 0 amide bonds. The molecule has 0 aliphatic heterocycles. The van der Waals surface area contributed by atoms with Crippen LogP contribution in [0.25, 0.3) is 0 Å². The fourth-order valence-corrected chi connectivity index (χ4v) is 16.7. The van der Waals surface area contributed by atoms with Gasteiger partial charge < -0.3 is 21.8 Å². The number of esters is 2. The van der Waals surface area contributed by atoms with E-state index in [4.69, 9.17) is 17.1 Å². The van der Waals surface area contributed by atoms with Crippen molar-refractivity contribution in [3.63, 3.8) is 0 Å². The van der Waals surface area contributed by atoms with Crippen LogP contribution in [0.4, 0.5) is 13.2 Å². The molecule has 0 aliphatic carbocycles. The van der Waals surface area contributed by atoms with Gasteiger partial charge in [-0.2, -0.15) is 8.78 Å². The van der Waals surface area contributed by atoms with Gasteiger partial charge in [-0.25, -0.2) is 14.0 Å². The number of hydrogen-bond donors (Lipinski definition) is 0. The summed E-state index contributed by atoms with van der Waals surface area (Å²) in [7, 11) is -10.3. The molecule has 0 saturated heterocycles. The van der Waals surface area contributed by atoms with Crippen LogP contribution in [0.3, 0.4) is 0 Å². The lowest BCUT2D eigenvalue weighted by Gasteiger charge is -2.45. The fraction of sp³-hybridized carbons (Fsp3) is 0.778. The lowest BCUT2D eigenvalue weighted by Crippen LogP contribution is -2.67. The Morgan fingerprint density at radius 2 is 1.19 bits per heavy atom. The Labute approximate surface area is 193 Å². The summed E-state index contributed by atoms with van der Waals surface area (Å²) in [6.07, 6.45) is -2.84. The molecule has 14 heteroatoms. The molecule has 188 valence electrons. The molecule has 1 unspecified atom stereocenters. The van der Waals surface area contributed by atoms with E-state index in [0.717, 1.165) is 0 Å². The van der Waals surface area contributed by atoms with E-state index in [1.807, 2.05) is 58.9 Å². The van der Waals surface area contributed by atoms with E-state index < -0.39 is 64.2 Å². The van der Waals surface area contributed by atoms with Crippen LogP contribution < -0.4 is 0 Å². The number of rotatable bonds is 13. The predicted octanol–water partition coefficient (Wildman–Crippen LogP) is 5.00. The van der Waals surface area contributed by atoms with Gasteiger partial charge in [-0.1, -0.05) is 6.92 Å².